The molecule has 3 aliphatic heterocycles. The van der Waals surface area contributed by atoms with Gasteiger partial charge in [0.25, 0.3) is 5.91 Å². The van der Waals surface area contributed by atoms with Crippen LogP contribution in [-0.4, -0.2) is 89.3 Å². The molecular formula is C41H42ClF3N6O5S. The summed E-state index contributed by atoms with van der Waals surface area (Å²) < 4.78 is 47.2. The number of thiocarbonyl (C=S) groups is 1. The van der Waals surface area contributed by atoms with E-state index in [2.05, 4.69) is 22.0 Å². The molecule has 0 saturated carbocycles. The van der Waals surface area contributed by atoms with Crippen molar-refractivity contribution in [3.05, 3.63) is 87.9 Å². The zero-order chi connectivity index (χ0) is 41.2. The summed E-state index contributed by atoms with van der Waals surface area (Å²) in [6.07, 6.45) is -3.14. The van der Waals surface area contributed by atoms with Crippen LogP contribution in [0.1, 0.15) is 55.9 Å². The van der Waals surface area contributed by atoms with Gasteiger partial charge >= 0.3 is 6.18 Å². The maximum Gasteiger partial charge on any atom is 0.417 e. The van der Waals surface area contributed by atoms with Gasteiger partial charge in [0.2, 0.25) is 11.8 Å². The number of carbonyl (C=O) groups is 4. The van der Waals surface area contributed by atoms with Crippen LogP contribution in [0.15, 0.2) is 60.7 Å². The Bertz CT molecular complexity index is 2140. The first kappa shape index (κ1) is 41.7. The highest BCUT2D eigenvalue weighted by Crippen LogP contribution is 2.41. The third-order valence-electron chi connectivity index (χ3n) is 10.7. The SMILES string of the molecule is C[C@@H]1CN(CCOc2ccc(N3C(=S)N(c4ccc(C#N)c(C(F)(F)F)c4)C(=O)C3(C)C)cc2Cl)CCN1CC(=O)Cc1cccc(CC2CCC(=O)NC2=O)c1. The van der Waals surface area contributed by atoms with E-state index in [1.807, 2.05) is 24.3 Å². The molecule has 0 aliphatic carbocycles. The second-order valence-corrected chi connectivity index (χ2v) is 15.9. The van der Waals surface area contributed by atoms with E-state index < -0.39 is 28.7 Å². The third-order valence-corrected chi connectivity index (χ3v) is 11.3. The molecule has 11 nitrogen and oxygen atoms in total. The number of piperidine rings is 1. The van der Waals surface area contributed by atoms with E-state index in [0.29, 0.717) is 63.4 Å². The molecule has 1 unspecified atom stereocenters. The number of hydrogen-bond donors (Lipinski definition) is 1. The van der Waals surface area contributed by atoms with E-state index in [1.54, 1.807) is 38.1 Å². The number of Topliss-reactive ketones (excluding diaryl/α,β-unsaturated/α-hetero) is 1. The average molecular weight is 823 g/mol. The van der Waals surface area contributed by atoms with E-state index in [-0.39, 0.29) is 45.4 Å². The Morgan fingerprint density at radius 3 is 2.47 bits per heavy atom. The number of amides is 3. The fraction of sp³-hybridized carbons (Fsp3) is 0.415. The van der Waals surface area contributed by atoms with Crippen molar-refractivity contribution in [2.75, 3.05) is 49.1 Å². The maximum atomic E-state index is 13.7. The van der Waals surface area contributed by atoms with Crippen LogP contribution in [0.5, 0.6) is 5.75 Å². The van der Waals surface area contributed by atoms with Gasteiger partial charge in [0.15, 0.2) is 10.9 Å². The number of anilines is 2. The number of carbonyl (C=O) groups excluding carboxylic acids is 4. The standard InChI is InChI=1S/C41H42ClF3N6O5S/c1-25-23-48(13-14-49(25)24-32(52)19-27-6-4-5-26(17-27)18-28-8-12-36(53)47-37(28)54)15-16-56-35-11-10-31(21-34(35)42)51-39(57)50(38(55)40(51,2)3)30-9-7-29(22-46)33(20-30)41(43,44)45/h4-7,9-11,17,20-21,25,28H,8,12-16,18-19,23-24H2,1-3H3,(H,47,53,54)/t25-,28?/m1/s1. The van der Waals surface area contributed by atoms with Crippen LogP contribution in [-0.2, 0) is 38.2 Å². The second kappa shape index (κ2) is 16.9. The molecule has 6 rings (SSSR count). The van der Waals surface area contributed by atoms with Crippen molar-refractivity contribution >= 4 is 63.8 Å². The van der Waals surface area contributed by atoms with Crippen LogP contribution < -0.4 is 19.9 Å². The molecule has 3 heterocycles. The van der Waals surface area contributed by atoms with Crippen molar-refractivity contribution in [3.8, 4) is 11.8 Å². The number of halogens is 4. The topological polar surface area (TPSA) is 126 Å². The van der Waals surface area contributed by atoms with Crippen molar-refractivity contribution in [1.29, 1.82) is 5.26 Å². The summed E-state index contributed by atoms with van der Waals surface area (Å²) in [5.41, 5.74) is -0.796. The molecule has 0 radical (unpaired) electrons. The molecule has 0 spiro atoms. The normalized spacial score (nSPS) is 20.5. The van der Waals surface area contributed by atoms with E-state index in [4.69, 9.17) is 28.6 Å². The van der Waals surface area contributed by atoms with Crippen molar-refractivity contribution in [1.82, 2.24) is 15.1 Å². The summed E-state index contributed by atoms with van der Waals surface area (Å²) in [5, 5.41) is 11.8. The fourth-order valence-electron chi connectivity index (χ4n) is 7.59. The lowest BCUT2D eigenvalue weighted by molar-refractivity contribution is -0.138. The van der Waals surface area contributed by atoms with Crippen molar-refractivity contribution in [2.24, 2.45) is 5.92 Å². The van der Waals surface area contributed by atoms with E-state index >= 15 is 0 Å². The van der Waals surface area contributed by atoms with Gasteiger partial charge in [0, 0.05) is 56.7 Å². The number of nitriles is 1. The predicted molar refractivity (Wildman–Crippen MR) is 212 cm³/mol. The average Bonchev–Trinajstić information content (AvgIpc) is 3.32. The van der Waals surface area contributed by atoms with Crippen molar-refractivity contribution < 1.29 is 37.1 Å². The van der Waals surface area contributed by atoms with Crippen molar-refractivity contribution in [2.45, 2.75) is 64.2 Å². The van der Waals surface area contributed by atoms with E-state index in [1.165, 1.54) is 11.0 Å². The third kappa shape index (κ3) is 9.31. The van der Waals surface area contributed by atoms with Gasteiger partial charge in [0.1, 0.15) is 17.9 Å². The van der Waals surface area contributed by atoms with Crippen LogP contribution in [0.2, 0.25) is 5.02 Å². The minimum Gasteiger partial charge on any atom is -0.491 e. The fourth-order valence-corrected chi connectivity index (χ4v) is 8.34. The Balaban J connectivity index is 0.994. The first-order valence-corrected chi connectivity index (χ1v) is 19.4. The number of ether oxygens (including phenoxy) is 1. The number of benzene rings is 3. The van der Waals surface area contributed by atoms with Crippen LogP contribution in [0.4, 0.5) is 24.5 Å². The molecule has 3 aromatic carbocycles. The van der Waals surface area contributed by atoms with E-state index in [9.17, 15) is 37.6 Å². The Kier molecular flexibility index (Phi) is 12.4. The van der Waals surface area contributed by atoms with Gasteiger partial charge in [-0.05, 0) is 93.4 Å². The first-order chi connectivity index (χ1) is 27.0. The molecule has 16 heteroatoms. The number of imide groups is 1. The van der Waals surface area contributed by atoms with Crippen LogP contribution in [0, 0.1) is 17.2 Å². The van der Waals surface area contributed by atoms with Gasteiger partial charge in [-0.15, -0.1) is 0 Å². The summed E-state index contributed by atoms with van der Waals surface area (Å²) in [6.45, 7) is 8.76. The Morgan fingerprint density at radius 2 is 1.79 bits per heavy atom. The number of alkyl halides is 3. The predicted octanol–water partition coefficient (Wildman–Crippen LogP) is 5.94. The highest BCUT2D eigenvalue weighted by molar-refractivity contribution is 7.81. The van der Waals surface area contributed by atoms with Gasteiger partial charge < -0.3 is 9.64 Å². The largest absolute Gasteiger partial charge is 0.491 e. The molecule has 300 valence electrons. The molecule has 3 fully saturated rings. The van der Waals surface area contributed by atoms with E-state index in [0.717, 1.165) is 41.2 Å². The smallest absolute Gasteiger partial charge is 0.417 e. The lowest BCUT2D eigenvalue weighted by atomic mass is 9.90. The summed E-state index contributed by atoms with van der Waals surface area (Å²) in [6, 6.07) is 17.4. The van der Waals surface area contributed by atoms with Gasteiger partial charge in [0.05, 0.1) is 34.5 Å². The Morgan fingerprint density at radius 1 is 1.05 bits per heavy atom. The van der Waals surface area contributed by atoms with Crippen molar-refractivity contribution in [3.63, 3.8) is 0 Å². The number of rotatable bonds is 12. The Labute approximate surface area is 339 Å². The van der Waals surface area contributed by atoms with Gasteiger partial charge in [-0.25, -0.2) is 0 Å². The molecule has 0 aromatic heterocycles. The number of nitrogens with zero attached hydrogens (tertiary/aromatic N) is 5. The molecule has 2 atom stereocenters. The second-order valence-electron chi connectivity index (χ2n) is 15.1. The highest BCUT2D eigenvalue weighted by atomic mass is 35.5. The minimum absolute atomic E-state index is 0.0428. The van der Waals surface area contributed by atoms with Crippen LogP contribution in [0.3, 0.4) is 0 Å². The summed E-state index contributed by atoms with van der Waals surface area (Å²) in [7, 11) is 0. The maximum absolute atomic E-state index is 13.7. The summed E-state index contributed by atoms with van der Waals surface area (Å²) in [4.78, 5) is 57.4. The van der Waals surface area contributed by atoms with Gasteiger partial charge in [-0.3, -0.25) is 39.2 Å². The van der Waals surface area contributed by atoms with Gasteiger partial charge in [-0.1, -0.05) is 35.9 Å². The first-order valence-electron chi connectivity index (χ1n) is 18.6. The van der Waals surface area contributed by atoms with Crippen LogP contribution in [0.25, 0.3) is 0 Å². The molecule has 3 saturated heterocycles. The number of ketones is 1. The summed E-state index contributed by atoms with van der Waals surface area (Å²) >= 11 is 12.3. The van der Waals surface area contributed by atoms with Crippen LogP contribution >= 0.6 is 23.8 Å². The monoisotopic (exact) mass is 822 g/mol. The zero-order valence-corrected chi connectivity index (χ0v) is 33.3. The quantitative estimate of drug-likeness (QED) is 0.173. The number of hydrogen-bond acceptors (Lipinski definition) is 9. The Hall–Kier alpha value is -4.88. The lowest BCUT2D eigenvalue weighted by Crippen LogP contribution is -2.53. The minimum atomic E-state index is -4.81. The highest BCUT2D eigenvalue weighted by Gasteiger charge is 2.51. The molecular weight excluding hydrogens is 781 g/mol. The molecule has 3 amide bonds. The number of nitrogens with one attached hydrogen (secondary N) is 1. The summed E-state index contributed by atoms with van der Waals surface area (Å²) in [5.74, 6) is -0.767. The number of piperazine rings is 1. The molecule has 1 N–H and O–H groups in total. The molecule has 57 heavy (non-hydrogen) atoms. The molecule has 3 aliphatic rings. The van der Waals surface area contributed by atoms with Gasteiger partial charge in [-0.2, -0.15) is 18.4 Å². The lowest BCUT2D eigenvalue weighted by Gasteiger charge is -2.39. The molecule has 3 aromatic rings. The zero-order valence-electron chi connectivity index (χ0n) is 31.7. The molecule has 0 bridgehead atoms.